The highest BCUT2D eigenvalue weighted by molar-refractivity contribution is 9.10. The molecule has 1 fully saturated rings. The topological polar surface area (TPSA) is 130 Å². The van der Waals surface area contributed by atoms with Gasteiger partial charge in [-0.1, -0.05) is 30.1 Å². The Hall–Kier alpha value is -3.56. The van der Waals surface area contributed by atoms with Gasteiger partial charge in [0.15, 0.2) is 5.69 Å². The average Bonchev–Trinajstić information content (AvgIpc) is 3.73. The molecular weight excluding hydrogens is 752 g/mol. The molecule has 2 aromatic heterocycles. The van der Waals surface area contributed by atoms with Crippen molar-refractivity contribution in [3.05, 3.63) is 68.5 Å². The smallest absolute Gasteiger partial charge is 0.495 e. The van der Waals surface area contributed by atoms with Crippen LogP contribution in [0.4, 0.5) is 0 Å². The number of halogens is 3. The molecule has 2 aromatic carbocycles. The molecule has 2 aliphatic rings. The van der Waals surface area contributed by atoms with E-state index in [-0.39, 0.29) is 30.7 Å². The summed E-state index contributed by atoms with van der Waals surface area (Å²) in [7, 11) is 2.54. The molecule has 1 amide bonds. The second-order valence-electron chi connectivity index (χ2n) is 13.8. The summed E-state index contributed by atoms with van der Waals surface area (Å²) >= 11 is 16.5. The van der Waals surface area contributed by atoms with Crippen molar-refractivity contribution in [1.29, 1.82) is 0 Å². The Kier molecular flexibility index (Phi) is 9.35. The number of benzene rings is 2. The van der Waals surface area contributed by atoms with Crippen LogP contribution < -0.4 is 14.9 Å². The van der Waals surface area contributed by atoms with Crippen molar-refractivity contribution in [2.75, 3.05) is 14.2 Å². The van der Waals surface area contributed by atoms with E-state index in [1.54, 1.807) is 60.4 Å². The quantitative estimate of drug-likeness (QED) is 0.196. The van der Waals surface area contributed by atoms with Crippen molar-refractivity contribution in [1.82, 2.24) is 24.5 Å². The van der Waals surface area contributed by atoms with Crippen LogP contribution in [-0.4, -0.2) is 79.5 Å². The Morgan fingerprint density at radius 3 is 2.48 bits per heavy atom. The number of carbonyl (C=O) groups is 2. The minimum atomic E-state index is -1.01. The number of hydrogen-bond acceptors (Lipinski definition) is 8. The molecule has 0 radical (unpaired) electrons. The number of amides is 1. The average molecular weight is 789 g/mol. The maximum atomic E-state index is 14.7. The number of carboxylic acids is 1. The van der Waals surface area contributed by atoms with Crippen LogP contribution in [0.5, 0.6) is 11.5 Å². The molecule has 0 aliphatic carbocycles. The molecule has 1 saturated heterocycles. The van der Waals surface area contributed by atoms with Gasteiger partial charge in [-0.05, 0) is 74.8 Å². The third-order valence-electron chi connectivity index (χ3n) is 10.4. The Morgan fingerprint density at radius 2 is 1.84 bits per heavy atom. The van der Waals surface area contributed by atoms with E-state index >= 15 is 0 Å². The maximum Gasteiger partial charge on any atom is 0.498 e. The van der Waals surface area contributed by atoms with Gasteiger partial charge < -0.3 is 28.8 Å². The van der Waals surface area contributed by atoms with Crippen LogP contribution in [0, 0.1) is 5.92 Å². The fraction of sp³-hybridized carbons (Fsp3) is 0.412. The van der Waals surface area contributed by atoms with Gasteiger partial charge in [-0.3, -0.25) is 14.3 Å². The third kappa shape index (κ3) is 6.08. The minimum absolute atomic E-state index is 0.0885. The van der Waals surface area contributed by atoms with E-state index in [2.05, 4.69) is 21.0 Å². The van der Waals surface area contributed by atoms with E-state index < -0.39 is 29.8 Å². The zero-order valence-electron chi connectivity index (χ0n) is 28.9. The van der Waals surface area contributed by atoms with Crippen molar-refractivity contribution in [2.24, 2.45) is 5.92 Å². The molecule has 50 heavy (non-hydrogen) atoms. The summed E-state index contributed by atoms with van der Waals surface area (Å²) < 4.78 is 28.5. The second-order valence-corrected chi connectivity index (χ2v) is 15.5. The van der Waals surface area contributed by atoms with Gasteiger partial charge in [0, 0.05) is 63.6 Å². The number of rotatable bonds is 9. The van der Waals surface area contributed by atoms with Crippen molar-refractivity contribution in [3.63, 3.8) is 0 Å². The van der Waals surface area contributed by atoms with Crippen LogP contribution >= 0.6 is 39.1 Å². The molecular formula is C34H37BBrCl2N5O7. The van der Waals surface area contributed by atoms with Crippen LogP contribution in [0.2, 0.25) is 10.0 Å². The monoisotopic (exact) mass is 787 g/mol. The highest BCUT2D eigenvalue weighted by Crippen LogP contribution is 2.49. The molecule has 4 heterocycles. The van der Waals surface area contributed by atoms with E-state index in [9.17, 15) is 14.7 Å². The number of hydrogen-bond donors (Lipinski definition) is 1. The maximum absolute atomic E-state index is 14.7. The molecule has 0 bridgehead atoms. The molecule has 1 N–H and O–H groups in total. The fourth-order valence-corrected chi connectivity index (χ4v) is 7.69. The second kappa shape index (κ2) is 12.9. The van der Waals surface area contributed by atoms with Gasteiger partial charge in [-0.25, -0.2) is 4.68 Å². The predicted molar refractivity (Wildman–Crippen MR) is 193 cm³/mol. The molecule has 6 rings (SSSR count). The summed E-state index contributed by atoms with van der Waals surface area (Å²) in [5, 5.41) is 19.1. The van der Waals surface area contributed by atoms with Crippen molar-refractivity contribution in [2.45, 2.75) is 71.4 Å². The first-order chi connectivity index (χ1) is 23.4. The largest absolute Gasteiger partial charge is 0.498 e. The number of fused-ring (bicyclic) bond motifs is 3. The lowest BCUT2D eigenvalue weighted by Gasteiger charge is -2.51. The molecule has 264 valence electrons. The Balaban J connectivity index is 1.37. The summed E-state index contributed by atoms with van der Waals surface area (Å²) in [5.74, 6) is -0.460. The first kappa shape index (κ1) is 36.2. The van der Waals surface area contributed by atoms with Gasteiger partial charge >= 0.3 is 13.1 Å². The first-order valence-electron chi connectivity index (χ1n) is 15.8. The lowest BCUT2D eigenvalue weighted by atomic mass is 9.69. The number of methoxy groups -OCH3 is 1. The first-order valence-corrected chi connectivity index (χ1v) is 17.4. The highest BCUT2D eigenvalue weighted by Gasteiger charge is 2.61. The summed E-state index contributed by atoms with van der Waals surface area (Å²) in [4.78, 5) is 27.6. The van der Waals surface area contributed by atoms with Gasteiger partial charge in [0.05, 0.1) is 34.2 Å². The van der Waals surface area contributed by atoms with Gasteiger partial charge in [0.2, 0.25) is 0 Å². The van der Waals surface area contributed by atoms with Crippen LogP contribution in [0.3, 0.4) is 0 Å². The number of aliphatic carboxylic acids is 1. The van der Waals surface area contributed by atoms with E-state index in [1.165, 1.54) is 4.68 Å². The Labute approximate surface area is 308 Å². The predicted octanol–water partition coefficient (Wildman–Crippen LogP) is 6.26. The van der Waals surface area contributed by atoms with E-state index in [0.717, 1.165) is 0 Å². The van der Waals surface area contributed by atoms with Crippen molar-refractivity contribution < 1.29 is 33.5 Å². The lowest BCUT2D eigenvalue weighted by Crippen LogP contribution is -2.61. The fourth-order valence-electron chi connectivity index (χ4n) is 6.67. The minimum Gasteiger partial charge on any atom is -0.495 e. The number of aromatic nitrogens is 4. The standard InChI is InChI=1S/C34H37BBrCl2N5O7/c1-18(34(6)33(4,5)49-35(50-34)19-14-39-42(15-19)16-28(44)45)32(2,3)41(7)31(46)29-24-17-48-26-13-27(47-8)25(36)12-23(26)30(24)43(40-29)22-10-20(37)9-21(38)11-22/h9-15,18H,16-17H2,1-8H3,(H,44,45). The van der Waals surface area contributed by atoms with E-state index in [1.807, 2.05) is 47.6 Å². The summed E-state index contributed by atoms with van der Waals surface area (Å²) in [6.07, 6.45) is 3.15. The van der Waals surface area contributed by atoms with Crippen LogP contribution in [0.1, 0.15) is 57.6 Å². The van der Waals surface area contributed by atoms with Crippen molar-refractivity contribution >= 4 is 63.6 Å². The Morgan fingerprint density at radius 1 is 1.16 bits per heavy atom. The molecule has 2 atom stereocenters. The summed E-state index contributed by atoms with van der Waals surface area (Å²) in [6.45, 7) is 11.6. The third-order valence-corrected chi connectivity index (χ3v) is 11.4. The molecule has 2 unspecified atom stereocenters. The number of nitrogens with zero attached hydrogens (tertiary/aromatic N) is 5. The van der Waals surface area contributed by atoms with Crippen molar-refractivity contribution in [3.8, 4) is 28.4 Å². The van der Waals surface area contributed by atoms with Crippen LogP contribution in [-0.2, 0) is 27.3 Å². The zero-order chi connectivity index (χ0) is 36.5. The number of carbonyl (C=O) groups excluding carboxylic acids is 1. The Bertz CT molecular complexity index is 2000. The normalized spacial score (nSPS) is 18.7. The SMILES string of the molecule is COc1cc2c(cc1Br)-c1c(c(C(=O)N(C)C(C)(C)C(C)C3(C)OB(c4cnn(CC(=O)O)c4)OC3(C)C)nn1-c1cc(Cl)cc(Cl)c1)CO2. The summed E-state index contributed by atoms with van der Waals surface area (Å²) in [6, 6.07) is 8.78. The molecule has 0 spiro atoms. The molecule has 2 aliphatic heterocycles. The highest BCUT2D eigenvalue weighted by atomic mass is 79.9. The van der Waals surface area contributed by atoms with Crippen LogP contribution in [0.25, 0.3) is 16.9 Å². The van der Waals surface area contributed by atoms with Gasteiger partial charge in [-0.2, -0.15) is 10.2 Å². The van der Waals surface area contributed by atoms with Crippen LogP contribution in [0.15, 0.2) is 47.2 Å². The molecule has 16 heteroatoms. The lowest BCUT2D eigenvalue weighted by molar-refractivity contribution is -0.137. The molecule has 0 saturated carbocycles. The number of carboxylic acid groups (broad SMARTS) is 1. The molecule has 12 nitrogen and oxygen atoms in total. The van der Waals surface area contributed by atoms with Gasteiger partial charge in [0.25, 0.3) is 5.91 Å². The van der Waals surface area contributed by atoms with E-state index in [4.69, 9.17) is 47.1 Å². The summed E-state index contributed by atoms with van der Waals surface area (Å²) in [5.41, 5.74) is 0.846. The van der Waals surface area contributed by atoms with Gasteiger partial charge in [-0.15, -0.1) is 0 Å². The molecule has 4 aromatic rings. The zero-order valence-corrected chi connectivity index (χ0v) is 32.0. The van der Waals surface area contributed by atoms with Gasteiger partial charge in [0.1, 0.15) is 24.7 Å². The number of ether oxygens (including phenoxy) is 2. The van der Waals surface area contributed by atoms with E-state index in [0.29, 0.717) is 54.0 Å².